The van der Waals surface area contributed by atoms with E-state index in [1.165, 1.54) is 0 Å². The molecule has 0 aliphatic heterocycles. The lowest BCUT2D eigenvalue weighted by Gasteiger charge is -2.23. The number of aryl methyl sites for hydroxylation is 1. The number of aliphatic hydroxyl groups excluding tert-OH is 1. The zero-order valence-corrected chi connectivity index (χ0v) is 13.3. The number of fused-ring (bicyclic) bond motifs is 1. The standard InChI is InChI=1S/C16H26N2O4/c1-11(2)9-21-10-12(19)8-17-16(20)18-14-4-3-5-15-13(14)6-7-22-15/h6-7,11-12,14,19H,3-5,8-10H2,1-2H3,(H2,17,18,20). The molecule has 0 aromatic carbocycles. The van der Waals surface area contributed by atoms with E-state index in [0.717, 1.165) is 30.6 Å². The molecule has 1 aliphatic carbocycles. The molecule has 1 aromatic rings. The third kappa shape index (κ3) is 5.03. The molecule has 6 nitrogen and oxygen atoms in total. The van der Waals surface area contributed by atoms with Gasteiger partial charge >= 0.3 is 6.03 Å². The quantitative estimate of drug-likeness (QED) is 0.719. The molecule has 22 heavy (non-hydrogen) atoms. The molecule has 2 atom stereocenters. The average Bonchev–Trinajstić information content (AvgIpc) is 2.94. The number of ether oxygens (including phenoxy) is 1. The molecule has 3 N–H and O–H groups in total. The lowest BCUT2D eigenvalue weighted by atomic mass is 9.93. The van der Waals surface area contributed by atoms with Crippen LogP contribution < -0.4 is 10.6 Å². The van der Waals surface area contributed by atoms with Crippen LogP contribution in [0.4, 0.5) is 4.79 Å². The predicted molar refractivity (Wildman–Crippen MR) is 82.6 cm³/mol. The average molecular weight is 310 g/mol. The summed E-state index contributed by atoms with van der Waals surface area (Å²) < 4.78 is 10.7. The number of aliphatic hydroxyl groups is 1. The van der Waals surface area contributed by atoms with Gasteiger partial charge in [0.15, 0.2) is 0 Å². The molecular formula is C16H26N2O4. The molecule has 0 fully saturated rings. The van der Waals surface area contributed by atoms with E-state index in [9.17, 15) is 9.90 Å². The lowest BCUT2D eigenvalue weighted by Crippen LogP contribution is -2.43. The second-order valence-electron chi connectivity index (χ2n) is 6.18. The Hall–Kier alpha value is -1.53. The van der Waals surface area contributed by atoms with Crippen LogP contribution in [0.25, 0.3) is 0 Å². The SMILES string of the molecule is CC(C)COCC(O)CNC(=O)NC1CCCc2occc21. The number of hydrogen-bond acceptors (Lipinski definition) is 4. The number of carbonyl (C=O) groups is 1. The van der Waals surface area contributed by atoms with Gasteiger partial charge in [-0.05, 0) is 24.8 Å². The number of nitrogens with one attached hydrogen (secondary N) is 2. The van der Waals surface area contributed by atoms with Crippen molar-refractivity contribution < 1.29 is 19.1 Å². The normalized spacial score (nSPS) is 18.8. The van der Waals surface area contributed by atoms with Gasteiger partial charge in [0.05, 0.1) is 25.0 Å². The molecule has 1 heterocycles. The first-order valence-electron chi connectivity index (χ1n) is 7.92. The van der Waals surface area contributed by atoms with Crippen molar-refractivity contribution in [3.8, 4) is 0 Å². The van der Waals surface area contributed by atoms with Crippen LogP contribution in [0.1, 0.15) is 44.1 Å². The summed E-state index contributed by atoms with van der Waals surface area (Å²) in [6, 6.07) is 1.62. The van der Waals surface area contributed by atoms with Gasteiger partial charge in [-0.3, -0.25) is 0 Å². The summed E-state index contributed by atoms with van der Waals surface area (Å²) in [6.45, 7) is 5.11. The zero-order chi connectivity index (χ0) is 15.9. The minimum absolute atomic E-state index is 0.0168. The topological polar surface area (TPSA) is 83.7 Å². The highest BCUT2D eigenvalue weighted by Gasteiger charge is 2.24. The van der Waals surface area contributed by atoms with Crippen molar-refractivity contribution >= 4 is 6.03 Å². The number of furan rings is 1. The molecule has 2 amide bonds. The van der Waals surface area contributed by atoms with Crippen LogP contribution in [0.2, 0.25) is 0 Å². The van der Waals surface area contributed by atoms with E-state index in [2.05, 4.69) is 10.6 Å². The largest absolute Gasteiger partial charge is 0.469 e. The van der Waals surface area contributed by atoms with E-state index in [0.29, 0.717) is 12.5 Å². The summed E-state index contributed by atoms with van der Waals surface area (Å²) in [6.07, 6.45) is 3.80. The van der Waals surface area contributed by atoms with Gasteiger partial charge in [0.1, 0.15) is 5.76 Å². The summed E-state index contributed by atoms with van der Waals surface area (Å²) in [7, 11) is 0. The van der Waals surface area contributed by atoms with Gasteiger partial charge in [-0.15, -0.1) is 0 Å². The lowest BCUT2D eigenvalue weighted by molar-refractivity contribution is 0.0272. The molecule has 0 saturated heterocycles. The molecule has 124 valence electrons. The molecule has 1 aromatic heterocycles. The second kappa shape index (κ2) is 8.19. The Bertz CT molecular complexity index is 472. The minimum Gasteiger partial charge on any atom is -0.469 e. The van der Waals surface area contributed by atoms with Gasteiger partial charge in [0.25, 0.3) is 0 Å². The van der Waals surface area contributed by atoms with Gasteiger partial charge in [-0.1, -0.05) is 13.8 Å². The first kappa shape index (κ1) is 16.8. The van der Waals surface area contributed by atoms with Crippen LogP contribution in [-0.2, 0) is 11.2 Å². The van der Waals surface area contributed by atoms with Crippen LogP contribution in [0.5, 0.6) is 0 Å². The molecule has 2 rings (SSSR count). The van der Waals surface area contributed by atoms with Crippen molar-refractivity contribution in [2.24, 2.45) is 5.92 Å². The van der Waals surface area contributed by atoms with E-state index in [1.807, 2.05) is 19.9 Å². The first-order chi connectivity index (χ1) is 10.6. The molecule has 0 bridgehead atoms. The van der Waals surface area contributed by atoms with E-state index >= 15 is 0 Å². The van der Waals surface area contributed by atoms with Gasteiger partial charge in [0.2, 0.25) is 0 Å². The van der Waals surface area contributed by atoms with Crippen molar-refractivity contribution in [3.05, 3.63) is 23.7 Å². The molecule has 1 aliphatic rings. The molecule has 2 unspecified atom stereocenters. The van der Waals surface area contributed by atoms with Crippen LogP contribution >= 0.6 is 0 Å². The summed E-state index contributed by atoms with van der Waals surface area (Å²) in [5.74, 6) is 1.39. The highest BCUT2D eigenvalue weighted by molar-refractivity contribution is 5.74. The summed E-state index contributed by atoms with van der Waals surface area (Å²) in [4.78, 5) is 11.9. The van der Waals surface area contributed by atoms with E-state index in [1.54, 1.807) is 6.26 Å². The van der Waals surface area contributed by atoms with Gasteiger partial charge in [-0.25, -0.2) is 4.79 Å². The van der Waals surface area contributed by atoms with Gasteiger partial charge in [0, 0.05) is 25.1 Å². The molecule has 0 spiro atoms. The first-order valence-corrected chi connectivity index (χ1v) is 7.92. The Morgan fingerprint density at radius 1 is 1.50 bits per heavy atom. The third-order valence-electron chi connectivity index (χ3n) is 3.62. The Kier molecular flexibility index (Phi) is 6.27. The fraction of sp³-hybridized carbons (Fsp3) is 0.688. The molecular weight excluding hydrogens is 284 g/mol. The third-order valence-corrected chi connectivity index (χ3v) is 3.62. The number of carbonyl (C=O) groups excluding carboxylic acids is 1. The summed E-state index contributed by atoms with van der Waals surface area (Å²) >= 11 is 0. The summed E-state index contributed by atoms with van der Waals surface area (Å²) in [5.41, 5.74) is 1.06. The number of rotatable bonds is 7. The Labute approximate surface area is 131 Å². The Morgan fingerprint density at radius 2 is 2.32 bits per heavy atom. The second-order valence-corrected chi connectivity index (χ2v) is 6.18. The highest BCUT2D eigenvalue weighted by Crippen LogP contribution is 2.30. The fourth-order valence-electron chi connectivity index (χ4n) is 2.55. The van der Waals surface area contributed by atoms with Crippen LogP contribution in [0, 0.1) is 5.92 Å². The Morgan fingerprint density at radius 3 is 3.09 bits per heavy atom. The zero-order valence-electron chi connectivity index (χ0n) is 13.3. The summed E-state index contributed by atoms with van der Waals surface area (Å²) in [5, 5.41) is 15.4. The van der Waals surface area contributed by atoms with Gasteiger partial charge < -0.3 is 24.9 Å². The van der Waals surface area contributed by atoms with Crippen LogP contribution in [-0.4, -0.2) is 37.0 Å². The monoisotopic (exact) mass is 310 g/mol. The molecule has 0 radical (unpaired) electrons. The molecule has 6 heteroatoms. The van der Waals surface area contributed by atoms with Gasteiger partial charge in [-0.2, -0.15) is 0 Å². The van der Waals surface area contributed by atoms with Crippen molar-refractivity contribution in [3.63, 3.8) is 0 Å². The van der Waals surface area contributed by atoms with Crippen molar-refractivity contribution in [2.75, 3.05) is 19.8 Å². The van der Waals surface area contributed by atoms with Crippen molar-refractivity contribution in [1.82, 2.24) is 10.6 Å². The maximum absolute atomic E-state index is 11.9. The number of hydrogen-bond donors (Lipinski definition) is 3. The van der Waals surface area contributed by atoms with E-state index in [4.69, 9.17) is 9.15 Å². The van der Waals surface area contributed by atoms with Crippen molar-refractivity contribution in [2.45, 2.75) is 45.3 Å². The minimum atomic E-state index is -0.694. The number of amides is 2. The van der Waals surface area contributed by atoms with Crippen LogP contribution in [0.15, 0.2) is 16.7 Å². The van der Waals surface area contributed by atoms with E-state index in [-0.39, 0.29) is 25.2 Å². The van der Waals surface area contributed by atoms with Crippen LogP contribution in [0.3, 0.4) is 0 Å². The Balaban J connectivity index is 1.68. The highest BCUT2D eigenvalue weighted by atomic mass is 16.5. The maximum Gasteiger partial charge on any atom is 0.315 e. The molecule has 0 saturated carbocycles. The number of urea groups is 1. The maximum atomic E-state index is 11.9. The fourth-order valence-corrected chi connectivity index (χ4v) is 2.55. The van der Waals surface area contributed by atoms with Crippen molar-refractivity contribution in [1.29, 1.82) is 0 Å². The predicted octanol–water partition coefficient (Wildman–Crippen LogP) is 1.99. The smallest absolute Gasteiger partial charge is 0.315 e. The van der Waals surface area contributed by atoms with E-state index < -0.39 is 6.10 Å².